The third-order valence-corrected chi connectivity index (χ3v) is 5.56. The van der Waals surface area contributed by atoms with Crippen LogP contribution in [-0.4, -0.2) is 44.0 Å². The van der Waals surface area contributed by atoms with E-state index in [1.54, 1.807) is 0 Å². The lowest BCUT2D eigenvalue weighted by molar-refractivity contribution is 0.00859. The van der Waals surface area contributed by atoms with Gasteiger partial charge in [0, 0.05) is 30.9 Å². The maximum atomic E-state index is 12.5. The molecule has 1 saturated heterocycles. The quantitative estimate of drug-likeness (QED) is 0.878. The zero-order valence-electron chi connectivity index (χ0n) is 11.3. The summed E-state index contributed by atoms with van der Waals surface area (Å²) in [5, 5.41) is 0. The first kappa shape index (κ1) is 15.7. The summed E-state index contributed by atoms with van der Waals surface area (Å²) in [6.45, 7) is 1.02. The van der Waals surface area contributed by atoms with Gasteiger partial charge in [0.1, 0.15) is 10.7 Å². The van der Waals surface area contributed by atoms with E-state index in [1.165, 1.54) is 23.6 Å². The van der Waals surface area contributed by atoms with E-state index in [1.807, 2.05) is 0 Å². The maximum absolute atomic E-state index is 12.5. The highest BCUT2D eigenvalue weighted by Gasteiger charge is 2.27. The average Bonchev–Trinajstić information content (AvgIpc) is 2.42. The minimum absolute atomic E-state index is 0.00427. The summed E-state index contributed by atoms with van der Waals surface area (Å²) >= 11 is 3.21. The first-order valence-corrected chi connectivity index (χ1v) is 8.63. The predicted octanol–water partition coefficient (Wildman–Crippen LogP) is 1.62. The number of sulfonamides is 1. The second kappa shape index (κ2) is 6.38. The molecule has 1 fully saturated rings. The molecule has 20 heavy (non-hydrogen) atoms. The fraction of sp³-hybridized carbons (Fsp3) is 0.583. The third kappa shape index (κ3) is 3.49. The van der Waals surface area contributed by atoms with E-state index in [2.05, 4.69) is 20.9 Å². The number of nitrogen functional groups attached to an aromatic ring is 1. The number of hydrogen-bond acceptors (Lipinski definition) is 5. The Morgan fingerprint density at radius 1 is 1.55 bits per heavy atom. The van der Waals surface area contributed by atoms with Gasteiger partial charge in [-0.15, -0.1) is 0 Å². The highest BCUT2D eigenvalue weighted by atomic mass is 79.9. The van der Waals surface area contributed by atoms with Crippen LogP contribution in [-0.2, 0) is 14.8 Å². The summed E-state index contributed by atoms with van der Waals surface area (Å²) in [6, 6.07) is 1.47. The molecule has 2 rings (SSSR count). The van der Waals surface area contributed by atoms with Gasteiger partial charge in [0.2, 0.25) is 10.0 Å². The lowest BCUT2D eigenvalue weighted by Gasteiger charge is -2.27. The molecule has 112 valence electrons. The van der Waals surface area contributed by atoms with Crippen LogP contribution < -0.4 is 5.73 Å². The molecule has 1 atom stereocenters. The average molecular weight is 364 g/mol. The predicted molar refractivity (Wildman–Crippen MR) is 79.8 cm³/mol. The van der Waals surface area contributed by atoms with Gasteiger partial charge in [0.25, 0.3) is 0 Å². The normalized spacial score (nSPS) is 20.2. The molecule has 1 unspecified atom stereocenters. The summed E-state index contributed by atoms with van der Waals surface area (Å²) in [5.41, 5.74) is 5.68. The number of hydrogen-bond donors (Lipinski definition) is 1. The van der Waals surface area contributed by atoms with E-state index >= 15 is 0 Å². The highest BCUT2D eigenvalue weighted by Crippen LogP contribution is 2.24. The Labute approximate surface area is 127 Å². The van der Waals surface area contributed by atoms with E-state index in [-0.39, 0.29) is 16.8 Å². The topological polar surface area (TPSA) is 85.5 Å². The van der Waals surface area contributed by atoms with Crippen molar-refractivity contribution >= 4 is 31.8 Å². The standard InChI is InChI=1S/C12H18BrN3O3S/c1-16(8-10-4-2-3-5-19-10)20(17,18)11-6-9(13)7-15-12(11)14/h6-7,10H,2-5,8H2,1H3,(H2,14,15). The van der Waals surface area contributed by atoms with Crippen molar-refractivity contribution in [2.75, 3.05) is 25.9 Å². The second-order valence-electron chi connectivity index (χ2n) is 4.81. The lowest BCUT2D eigenvalue weighted by Crippen LogP contribution is -2.37. The Morgan fingerprint density at radius 2 is 2.30 bits per heavy atom. The van der Waals surface area contributed by atoms with Crippen LogP contribution in [0, 0.1) is 0 Å². The van der Waals surface area contributed by atoms with Gasteiger partial charge in [-0.1, -0.05) is 0 Å². The number of ether oxygens (including phenoxy) is 1. The van der Waals surface area contributed by atoms with Crippen LogP contribution in [0.3, 0.4) is 0 Å². The van der Waals surface area contributed by atoms with Gasteiger partial charge >= 0.3 is 0 Å². The van der Waals surface area contributed by atoms with Crippen LogP contribution >= 0.6 is 15.9 Å². The van der Waals surface area contributed by atoms with Crippen molar-refractivity contribution in [3.63, 3.8) is 0 Å². The van der Waals surface area contributed by atoms with Crippen LogP contribution in [0.1, 0.15) is 19.3 Å². The molecule has 0 amide bonds. The molecular weight excluding hydrogens is 346 g/mol. The minimum Gasteiger partial charge on any atom is -0.383 e. The Kier molecular flexibility index (Phi) is 5.00. The third-order valence-electron chi connectivity index (χ3n) is 3.27. The van der Waals surface area contributed by atoms with E-state index in [0.717, 1.165) is 19.3 Å². The minimum atomic E-state index is -3.66. The second-order valence-corrected chi connectivity index (χ2v) is 7.74. The van der Waals surface area contributed by atoms with Gasteiger partial charge in [0.05, 0.1) is 6.10 Å². The number of pyridine rings is 1. The molecule has 2 N–H and O–H groups in total. The largest absolute Gasteiger partial charge is 0.383 e. The van der Waals surface area contributed by atoms with Gasteiger partial charge in [-0.2, -0.15) is 4.31 Å². The number of halogens is 1. The van der Waals surface area contributed by atoms with Crippen molar-refractivity contribution in [3.05, 3.63) is 16.7 Å². The molecule has 6 nitrogen and oxygen atoms in total. The van der Waals surface area contributed by atoms with Crippen molar-refractivity contribution in [2.45, 2.75) is 30.3 Å². The van der Waals surface area contributed by atoms with E-state index in [4.69, 9.17) is 10.5 Å². The van der Waals surface area contributed by atoms with Crippen LogP contribution in [0.4, 0.5) is 5.82 Å². The Bertz CT molecular complexity index is 573. The SMILES string of the molecule is CN(CC1CCCCO1)S(=O)(=O)c1cc(Br)cnc1N. The number of aromatic nitrogens is 1. The zero-order valence-corrected chi connectivity index (χ0v) is 13.7. The maximum Gasteiger partial charge on any atom is 0.246 e. The number of nitrogens with two attached hydrogens (primary N) is 1. The molecule has 2 heterocycles. The van der Waals surface area contributed by atoms with Crippen LogP contribution in [0.15, 0.2) is 21.6 Å². The van der Waals surface area contributed by atoms with Gasteiger partial charge in [-0.05, 0) is 41.3 Å². The van der Waals surface area contributed by atoms with Crippen LogP contribution in [0.25, 0.3) is 0 Å². The molecule has 1 aliphatic heterocycles. The first-order chi connectivity index (χ1) is 9.41. The van der Waals surface area contributed by atoms with Crippen molar-refractivity contribution < 1.29 is 13.2 Å². The van der Waals surface area contributed by atoms with Gasteiger partial charge in [-0.25, -0.2) is 13.4 Å². The highest BCUT2D eigenvalue weighted by molar-refractivity contribution is 9.10. The van der Waals surface area contributed by atoms with Gasteiger partial charge in [-0.3, -0.25) is 0 Å². The van der Waals surface area contributed by atoms with Crippen molar-refractivity contribution in [2.24, 2.45) is 0 Å². The molecule has 1 aromatic heterocycles. The summed E-state index contributed by atoms with van der Waals surface area (Å²) in [5.74, 6) is 0.00427. The smallest absolute Gasteiger partial charge is 0.246 e. The van der Waals surface area contributed by atoms with Crippen molar-refractivity contribution in [1.29, 1.82) is 0 Å². The summed E-state index contributed by atoms with van der Waals surface area (Å²) < 4.78 is 32.4. The summed E-state index contributed by atoms with van der Waals surface area (Å²) in [4.78, 5) is 3.89. The fourth-order valence-corrected chi connectivity index (χ4v) is 3.92. The number of anilines is 1. The molecule has 1 aromatic rings. The molecule has 0 radical (unpaired) electrons. The fourth-order valence-electron chi connectivity index (χ4n) is 2.14. The summed E-state index contributed by atoms with van der Waals surface area (Å²) in [6.07, 6.45) is 4.41. The number of nitrogens with zero attached hydrogens (tertiary/aromatic N) is 2. The van der Waals surface area contributed by atoms with E-state index in [9.17, 15) is 8.42 Å². The Hall–Kier alpha value is -0.700. The first-order valence-electron chi connectivity index (χ1n) is 6.40. The van der Waals surface area contributed by atoms with Crippen molar-refractivity contribution in [1.82, 2.24) is 9.29 Å². The van der Waals surface area contributed by atoms with Crippen LogP contribution in [0.2, 0.25) is 0 Å². The monoisotopic (exact) mass is 363 g/mol. The van der Waals surface area contributed by atoms with E-state index < -0.39 is 10.0 Å². The van der Waals surface area contributed by atoms with E-state index in [0.29, 0.717) is 17.6 Å². The number of likely N-dealkylation sites (N-methyl/N-ethyl adjacent to an activating group) is 1. The molecule has 1 aliphatic rings. The van der Waals surface area contributed by atoms with Crippen LogP contribution in [0.5, 0.6) is 0 Å². The zero-order chi connectivity index (χ0) is 14.8. The lowest BCUT2D eigenvalue weighted by atomic mass is 10.1. The Balaban J connectivity index is 2.18. The number of rotatable bonds is 4. The van der Waals surface area contributed by atoms with Crippen molar-refractivity contribution in [3.8, 4) is 0 Å². The molecule has 8 heteroatoms. The molecule has 0 aliphatic carbocycles. The molecule has 0 aromatic carbocycles. The van der Waals surface area contributed by atoms with Gasteiger partial charge in [0.15, 0.2) is 0 Å². The Morgan fingerprint density at radius 3 is 2.95 bits per heavy atom. The summed E-state index contributed by atoms with van der Waals surface area (Å²) in [7, 11) is -2.12. The molecule has 0 bridgehead atoms. The van der Waals surface area contributed by atoms with Gasteiger partial charge < -0.3 is 10.5 Å². The molecule has 0 saturated carbocycles. The molecular formula is C12H18BrN3O3S. The molecule has 0 spiro atoms.